The molecule has 34 heavy (non-hydrogen) atoms. The van der Waals surface area contributed by atoms with Gasteiger partial charge in [-0.3, -0.25) is 14.0 Å². The molecule has 180 valence electrons. The lowest BCUT2D eigenvalue weighted by Crippen LogP contribution is -2.37. The molecule has 1 aliphatic heterocycles. The minimum absolute atomic E-state index is 0.0877. The summed E-state index contributed by atoms with van der Waals surface area (Å²) in [5.74, 6) is 0.526. The molecule has 1 saturated heterocycles. The van der Waals surface area contributed by atoms with Gasteiger partial charge in [0.25, 0.3) is 10.0 Å². The predicted molar refractivity (Wildman–Crippen MR) is 130 cm³/mol. The van der Waals surface area contributed by atoms with E-state index in [2.05, 4.69) is 5.32 Å². The normalized spacial score (nSPS) is 16.0. The number of sulfonamides is 1. The number of benzene rings is 2. The van der Waals surface area contributed by atoms with Crippen LogP contribution >= 0.6 is 0 Å². The summed E-state index contributed by atoms with van der Waals surface area (Å²) < 4.78 is 38.6. The highest BCUT2D eigenvalue weighted by Gasteiger charge is 2.23. The van der Waals surface area contributed by atoms with Crippen molar-refractivity contribution in [1.29, 1.82) is 0 Å². The standard InChI is InChI=1S/C25H29N3O5S/c1-27(21-9-3-2-4-10-21)34(30,31)24-13-5-8-20(16-24)26-25(29)19-28(17-22-11-6-14-32-22)18-23-12-7-15-33-23/h2-6,8-11,13-14,16,23H,7,12,15,17-19H2,1H3,(H,26,29). The second-order valence-electron chi connectivity index (χ2n) is 8.27. The van der Waals surface area contributed by atoms with Gasteiger partial charge in [0.15, 0.2) is 0 Å². The SMILES string of the molecule is CN(c1ccccc1)S(=O)(=O)c1cccc(NC(=O)CN(Cc2ccco2)CC2CCCO2)c1. The lowest BCUT2D eigenvalue weighted by Gasteiger charge is -2.24. The molecule has 1 aliphatic rings. The summed E-state index contributed by atoms with van der Waals surface area (Å²) in [6, 6.07) is 18.8. The number of para-hydroxylation sites is 1. The van der Waals surface area contributed by atoms with Crippen LogP contribution in [-0.4, -0.2) is 52.1 Å². The van der Waals surface area contributed by atoms with E-state index in [1.807, 2.05) is 23.1 Å². The van der Waals surface area contributed by atoms with Crippen molar-refractivity contribution in [3.05, 3.63) is 78.8 Å². The van der Waals surface area contributed by atoms with Crippen LogP contribution in [0.2, 0.25) is 0 Å². The van der Waals surface area contributed by atoms with E-state index in [4.69, 9.17) is 9.15 Å². The summed E-state index contributed by atoms with van der Waals surface area (Å²) in [7, 11) is -2.27. The first kappa shape index (κ1) is 24.0. The molecule has 1 atom stereocenters. The van der Waals surface area contributed by atoms with E-state index >= 15 is 0 Å². The molecule has 1 fully saturated rings. The Bertz CT molecular complexity index is 1180. The summed E-state index contributed by atoms with van der Waals surface area (Å²) in [6.45, 7) is 1.96. The highest BCUT2D eigenvalue weighted by Crippen LogP contribution is 2.24. The fourth-order valence-electron chi connectivity index (χ4n) is 3.96. The molecule has 0 saturated carbocycles. The maximum atomic E-state index is 13.1. The van der Waals surface area contributed by atoms with Crippen LogP contribution in [0.5, 0.6) is 0 Å². The number of hydrogen-bond acceptors (Lipinski definition) is 6. The lowest BCUT2D eigenvalue weighted by atomic mass is 10.2. The Morgan fingerprint density at radius 1 is 1.09 bits per heavy atom. The fraction of sp³-hybridized carbons (Fsp3) is 0.320. The maximum absolute atomic E-state index is 13.1. The fourth-order valence-corrected chi connectivity index (χ4v) is 5.20. The van der Waals surface area contributed by atoms with Gasteiger partial charge in [0.2, 0.25) is 5.91 Å². The number of nitrogens with one attached hydrogen (secondary N) is 1. The monoisotopic (exact) mass is 483 g/mol. The zero-order chi connectivity index (χ0) is 24.0. The molecule has 0 radical (unpaired) electrons. The van der Waals surface area contributed by atoms with Crippen molar-refractivity contribution in [3.63, 3.8) is 0 Å². The first-order valence-electron chi connectivity index (χ1n) is 11.2. The Balaban J connectivity index is 1.44. The molecule has 0 spiro atoms. The van der Waals surface area contributed by atoms with Crippen LogP contribution in [0, 0.1) is 0 Å². The van der Waals surface area contributed by atoms with Gasteiger partial charge in [0.1, 0.15) is 5.76 Å². The van der Waals surface area contributed by atoms with Gasteiger partial charge >= 0.3 is 0 Å². The first-order valence-corrected chi connectivity index (χ1v) is 12.7. The molecule has 3 aromatic rings. The highest BCUT2D eigenvalue weighted by atomic mass is 32.2. The zero-order valence-corrected chi connectivity index (χ0v) is 19.9. The summed E-state index contributed by atoms with van der Waals surface area (Å²) in [5, 5.41) is 2.83. The van der Waals surface area contributed by atoms with Crippen molar-refractivity contribution in [1.82, 2.24) is 4.90 Å². The molecule has 9 heteroatoms. The molecule has 1 amide bonds. The van der Waals surface area contributed by atoms with Crippen LogP contribution in [-0.2, 0) is 26.1 Å². The van der Waals surface area contributed by atoms with Crippen molar-refractivity contribution in [3.8, 4) is 0 Å². The molecular formula is C25H29N3O5S. The molecule has 4 rings (SSSR count). The molecule has 2 heterocycles. The van der Waals surface area contributed by atoms with E-state index < -0.39 is 10.0 Å². The van der Waals surface area contributed by atoms with Gasteiger partial charge in [-0.05, 0) is 55.3 Å². The third-order valence-electron chi connectivity index (χ3n) is 5.71. The number of anilines is 2. The number of ether oxygens (including phenoxy) is 1. The van der Waals surface area contributed by atoms with Crippen LogP contribution in [0.4, 0.5) is 11.4 Å². The molecule has 1 unspecified atom stereocenters. The maximum Gasteiger partial charge on any atom is 0.264 e. The number of hydrogen-bond donors (Lipinski definition) is 1. The molecule has 1 aromatic heterocycles. The third-order valence-corrected chi connectivity index (χ3v) is 7.49. The van der Waals surface area contributed by atoms with Crippen LogP contribution in [0.15, 0.2) is 82.3 Å². The number of carbonyl (C=O) groups excluding carboxylic acids is 1. The van der Waals surface area contributed by atoms with E-state index in [-0.39, 0.29) is 23.5 Å². The number of nitrogens with zero attached hydrogens (tertiary/aromatic N) is 2. The van der Waals surface area contributed by atoms with Gasteiger partial charge in [-0.2, -0.15) is 0 Å². The first-order chi connectivity index (χ1) is 16.4. The Morgan fingerprint density at radius 2 is 1.91 bits per heavy atom. The molecule has 8 nitrogen and oxygen atoms in total. The van der Waals surface area contributed by atoms with Gasteiger partial charge in [0, 0.05) is 25.9 Å². The number of rotatable bonds is 10. The smallest absolute Gasteiger partial charge is 0.264 e. The largest absolute Gasteiger partial charge is 0.468 e. The van der Waals surface area contributed by atoms with E-state index in [0.29, 0.717) is 24.5 Å². The average Bonchev–Trinajstić information content (AvgIpc) is 3.54. The Morgan fingerprint density at radius 3 is 2.62 bits per heavy atom. The zero-order valence-electron chi connectivity index (χ0n) is 19.1. The lowest BCUT2D eigenvalue weighted by molar-refractivity contribution is -0.117. The topological polar surface area (TPSA) is 92.1 Å². The molecule has 1 N–H and O–H groups in total. The molecule has 2 aromatic carbocycles. The van der Waals surface area contributed by atoms with E-state index in [1.54, 1.807) is 42.7 Å². The summed E-state index contributed by atoms with van der Waals surface area (Å²) in [6.07, 6.45) is 3.68. The number of amides is 1. The van der Waals surface area contributed by atoms with E-state index in [9.17, 15) is 13.2 Å². The third kappa shape index (κ3) is 6.05. The average molecular weight is 484 g/mol. The quantitative estimate of drug-likeness (QED) is 0.473. The van der Waals surface area contributed by atoms with Crippen LogP contribution in [0.3, 0.4) is 0 Å². The molecule has 0 aliphatic carbocycles. The van der Waals surface area contributed by atoms with Gasteiger partial charge in [-0.1, -0.05) is 24.3 Å². The van der Waals surface area contributed by atoms with Crippen LogP contribution < -0.4 is 9.62 Å². The minimum Gasteiger partial charge on any atom is -0.468 e. The van der Waals surface area contributed by atoms with Gasteiger partial charge < -0.3 is 14.5 Å². The molecule has 0 bridgehead atoms. The van der Waals surface area contributed by atoms with Crippen molar-refractivity contribution in [2.24, 2.45) is 0 Å². The minimum atomic E-state index is -3.78. The second kappa shape index (κ2) is 10.9. The van der Waals surface area contributed by atoms with Gasteiger partial charge in [0.05, 0.1) is 36.0 Å². The summed E-state index contributed by atoms with van der Waals surface area (Å²) in [5.41, 5.74) is 0.974. The van der Waals surface area contributed by atoms with E-state index in [1.165, 1.54) is 23.5 Å². The number of carbonyl (C=O) groups is 1. The van der Waals surface area contributed by atoms with Crippen LogP contribution in [0.25, 0.3) is 0 Å². The van der Waals surface area contributed by atoms with Crippen molar-refractivity contribution >= 4 is 27.3 Å². The van der Waals surface area contributed by atoms with Crippen molar-refractivity contribution < 1.29 is 22.4 Å². The molecular weight excluding hydrogens is 454 g/mol. The highest BCUT2D eigenvalue weighted by molar-refractivity contribution is 7.92. The van der Waals surface area contributed by atoms with Crippen molar-refractivity contribution in [2.75, 3.05) is 36.4 Å². The Hall–Kier alpha value is -3.14. The van der Waals surface area contributed by atoms with Crippen LogP contribution in [0.1, 0.15) is 18.6 Å². The van der Waals surface area contributed by atoms with Gasteiger partial charge in [-0.25, -0.2) is 8.42 Å². The van der Waals surface area contributed by atoms with E-state index in [0.717, 1.165) is 25.2 Å². The summed E-state index contributed by atoms with van der Waals surface area (Å²) >= 11 is 0. The summed E-state index contributed by atoms with van der Waals surface area (Å²) in [4.78, 5) is 14.9. The number of furan rings is 1. The predicted octanol–water partition coefficient (Wildman–Crippen LogP) is 3.72. The Kier molecular flexibility index (Phi) is 7.66. The van der Waals surface area contributed by atoms with Gasteiger partial charge in [-0.15, -0.1) is 0 Å². The second-order valence-corrected chi connectivity index (χ2v) is 10.2. The Labute approximate surface area is 200 Å². The van der Waals surface area contributed by atoms with Crippen molar-refractivity contribution in [2.45, 2.75) is 30.4 Å².